The van der Waals surface area contributed by atoms with Crippen molar-refractivity contribution in [3.05, 3.63) is 47.8 Å². The van der Waals surface area contributed by atoms with Crippen molar-refractivity contribution in [1.82, 2.24) is 14.8 Å². The van der Waals surface area contributed by atoms with Gasteiger partial charge in [0.1, 0.15) is 18.0 Å². The second kappa shape index (κ2) is 5.73. The standard InChI is InChI=1S/C13H16FN3O/c1-2-17-13(15-9-16-17)8-12(18)7-10-4-3-5-11(14)6-10/h3-6,9,12,18H,2,7-8H2,1H3. The van der Waals surface area contributed by atoms with E-state index in [-0.39, 0.29) is 5.82 Å². The van der Waals surface area contributed by atoms with Gasteiger partial charge in [0, 0.05) is 13.0 Å². The van der Waals surface area contributed by atoms with E-state index in [1.54, 1.807) is 16.8 Å². The summed E-state index contributed by atoms with van der Waals surface area (Å²) >= 11 is 0. The molecule has 18 heavy (non-hydrogen) atoms. The number of rotatable bonds is 5. The summed E-state index contributed by atoms with van der Waals surface area (Å²) in [5, 5.41) is 14.0. The first-order valence-corrected chi connectivity index (χ1v) is 5.98. The average molecular weight is 249 g/mol. The fraction of sp³-hybridized carbons (Fsp3) is 0.385. The molecule has 0 amide bonds. The van der Waals surface area contributed by atoms with Crippen LogP contribution in [0.2, 0.25) is 0 Å². The smallest absolute Gasteiger partial charge is 0.138 e. The highest BCUT2D eigenvalue weighted by Gasteiger charge is 2.11. The van der Waals surface area contributed by atoms with Crippen molar-refractivity contribution in [1.29, 1.82) is 0 Å². The molecule has 96 valence electrons. The van der Waals surface area contributed by atoms with Crippen LogP contribution in [0.1, 0.15) is 18.3 Å². The van der Waals surface area contributed by atoms with E-state index >= 15 is 0 Å². The van der Waals surface area contributed by atoms with E-state index in [9.17, 15) is 9.50 Å². The Balaban J connectivity index is 1.98. The number of hydrogen-bond acceptors (Lipinski definition) is 3. The van der Waals surface area contributed by atoms with Gasteiger partial charge in [-0.3, -0.25) is 4.68 Å². The van der Waals surface area contributed by atoms with Crippen LogP contribution in [0.5, 0.6) is 0 Å². The fourth-order valence-corrected chi connectivity index (χ4v) is 1.93. The van der Waals surface area contributed by atoms with Crippen molar-refractivity contribution >= 4 is 0 Å². The van der Waals surface area contributed by atoms with E-state index in [0.717, 1.165) is 17.9 Å². The lowest BCUT2D eigenvalue weighted by Gasteiger charge is -2.10. The normalized spacial score (nSPS) is 12.6. The molecule has 0 bridgehead atoms. The molecule has 5 heteroatoms. The van der Waals surface area contributed by atoms with Crippen molar-refractivity contribution < 1.29 is 9.50 Å². The first-order chi connectivity index (χ1) is 8.69. The maximum absolute atomic E-state index is 13.0. The molecule has 2 rings (SSSR count). The van der Waals surface area contributed by atoms with Crippen molar-refractivity contribution in [3.8, 4) is 0 Å². The molecule has 0 saturated carbocycles. The van der Waals surface area contributed by atoms with Gasteiger partial charge in [-0.05, 0) is 31.0 Å². The Hall–Kier alpha value is -1.75. The van der Waals surface area contributed by atoms with Crippen LogP contribution in [0.4, 0.5) is 4.39 Å². The van der Waals surface area contributed by atoms with E-state index in [4.69, 9.17) is 0 Å². The number of nitrogens with zero attached hydrogens (tertiary/aromatic N) is 3. The molecule has 1 heterocycles. The summed E-state index contributed by atoms with van der Waals surface area (Å²) in [6.07, 6.45) is 1.73. The number of aliphatic hydroxyl groups is 1. The molecule has 0 aliphatic carbocycles. The predicted molar refractivity (Wildman–Crippen MR) is 65.5 cm³/mol. The molecule has 0 spiro atoms. The van der Waals surface area contributed by atoms with Gasteiger partial charge in [-0.25, -0.2) is 9.37 Å². The molecule has 4 nitrogen and oxygen atoms in total. The Morgan fingerprint density at radius 3 is 2.94 bits per heavy atom. The Bertz CT molecular complexity index is 512. The number of aryl methyl sites for hydroxylation is 1. The molecule has 0 radical (unpaired) electrons. The summed E-state index contributed by atoms with van der Waals surface area (Å²) in [5.41, 5.74) is 0.782. The molecule has 1 aromatic heterocycles. The van der Waals surface area contributed by atoms with E-state index in [0.29, 0.717) is 12.8 Å². The maximum atomic E-state index is 13.0. The zero-order valence-electron chi connectivity index (χ0n) is 10.3. The van der Waals surface area contributed by atoms with Crippen LogP contribution in [0, 0.1) is 5.82 Å². The average Bonchev–Trinajstić information content (AvgIpc) is 2.76. The molecule has 1 N–H and O–H groups in total. The highest BCUT2D eigenvalue weighted by atomic mass is 19.1. The minimum Gasteiger partial charge on any atom is -0.392 e. The highest BCUT2D eigenvalue weighted by Crippen LogP contribution is 2.09. The second-order valence-corrected chi connectivity index (χ2v) is 4.18. The molecular weight excluding hydrogens is 233 g/mol. The number of halogens is 1. The Morgan fingerprint density at radius 2 is 2.22 bits per heavy atom. The highest BCUT2D eigenvalue weighted by molar-refractivity contribution is 5.17. The monoisotopic (exact) mass is 249 g/mol. The van der Waals surface area contributed by atoms with Gasteiger partial charge in [0.05, 0.1) is 6.10 Å². The molecule has 0 aliphatic rings. The Kier molecular flexibility index (Phi) is 4.04. The summed E-state index contributed by atoms with van der Waals surface area (Å²) in [5.74, 6) is 0.470. The molecule has 0 aliphatic heterocycles. The maximum Gasteiger partial charge on any atom is 0.138 e. The zero-order valence-corrected chi connectivity index (χ0v) is 10.3. The van der Waals surface area contributed by atoms with Crippen LogP contribution < -0.4 is 0 Å². The fourth-order valence-electron chi connectivity index (χ4n) is 1.93. The van der Waals surface area contributed by atoms with Gasteiger partial charge < -0.3 is 5.11 Å². The molecule has 1 aromatic carbocycles. The number of aromatic nitrogens is 3. The van der Waals surface area contributed by atoms with E-state index in [2.05, 4.69) is 10.1 Å². The SMILES string of the molecule is CCn1ncnc1CC(O)Cc1cccc(F)c1. The van der Waals surface area contributed by atoms with Crippen molar-refractivity contribution in [2.75, 3.05) is 0 Å². The quantitative estimate of drug-likeness (QED) is 0.875. The topological polar surface area (TPSA) is 50.9 Å². The lowest BCUT2D eigenvalue weighted by atomic mass is 10.1. The van der Waals surface area contributed by atoms with Crippen molar-refractivity contribution in [3.63, 3.8) is 0 Å². The van der Waals surface area contributed by atoms with Gasteiger partial charge in [-0.2, -0.15) is 5.10 Å². The second-order valence-electron chi connectivity index (χ2n) is 4.18. The van der Waals surface area contributed by atoms with Crippen LogP contribution >= 0.6 is 0 Å². The van der Waals surface area contributed by atoms with Crippen molar-refractivity contribution in [2.24, 2.45) is 0 Å². The summed E-state index contributed by atoms with van der Waals surface area (Å²) in [6, 6.07) is 6.28. The number of benzene rings is 1. The van der Waals surface area contributed by atoms with E-state index in [1.165, 1.54) is 18.5 Å². The third-order valence-corrected chi connectivity index (χ3v) is 2.77. The molecule has 0 saturated heterocycles. The Morgan fingerprint density at radius 1 is 1.39 bits per heavy atom. The predicted octanol–water partition coefficient (Wildman–Crippen LogP) is 1.58. The van der Waals surface area contributed by atoms with Crippen LogP contribution in [0.3, 0.4) is 0 Å². The first-order valence-electron chi connectivity index (χ1n) is 5.98. The van der Waals surface area contributed by atoms with Crippen LogP contribution in [-0.2, 0) is 19.4 Å². The van der Waals surface area contributed by atoms with Gasteiger partial charge in [-0.1, -0.05) is 12.1 Å². The summed E-state index contributed by atoms with van der Waals surface area (Å²) in [6.45, 7) is 2.69. The largest absolute Gasteiger partial charge is 0.392 e. The molecule has 2 aromatic rings. The minimum atomic E-state index is -0.582. The number of aliphatic hydroxyl groups excluding tert-OH is 1. The van der Waals surface area contributed by atoms with Crippen LogP contribution in [0.25, 0.3) is 0 Å². The molecular formula is C13H16FN3O. The van der Waals surface area contributed by atoms with Crippen molar-refractivity contribution in [2.45, 2.75) is 32.4 Å². The third kappa shape index (κ3) is 3.13. The summed E-state index contributed by atoms with van der Waals surface area (Å²) < 4.78 is 14.8. The molecule has 1 atom stereocenters. The lowest BCUT2D eigenvalue weighted by Crippen LogP contribution is -2.17. The Labute approximate surface area is 105 Å². The minimum absolute atomic E-state index is 0.281. The summed E-state index contributed by atoms with van der Waals surface area (Å²) in [4.78, 5) is 4.10. The zero-order chi connectivity index (χ0) is 13.0. The van der Waals surface area contributed by atoms with Crippen LogP contribution in [-0.4, -0.2) is 26.0 Å². The van der Waals surface area contributed by atoms with E-state index in [1.807, 2.05) is 6.92 Å². The van der Waals surface area contributed by atoms with Gasteiger partial charge in [0.25, 0.3) is 0 Å². The number of hydrogen-bond donors (Lipinski definition) is 1. The van der Waals surface area contributed by atoms with E-state index < -0.39 is 6.10 Å². The van der Waals surface area contributed by atoms with Gasteiger partial charge >= 0.3 is 0 Å². The van der Waals surface area contributed by atoms with Gasteiger partial charge in [0.2, 0.25) is 0 Å². The first kappa shape index (κ1) is 12.7. The lowest BCUT2D eigenvalue weighted by molar-refractivity contribution is 0.171. The third-order valence-electron chi connectivity index (χ3n) is 2.77. The van der Waals surface area contributed by atoms with Gasteiger partial charge in [-0.15, -0.1) is 0 Å². The molecule has 1 unspecified atom stereocenters. The summed E-state index contributed by atoms with van der Waals surface area (Å²) in [7, 11) is 0. The molecule has 0 fully saturated rings. The van der Waals surface area contributed by atoms with Crippen LogP contribution in [0.15, 0.2) is 30.6 Å². The van der Waals surface area contributed by atoms with Gasteiger partial charge in [0.15, 0.2) is 0 Å².